The van der Waals surface area contributed by atoms with Crippen molar-refractivity contribution in [1.29, 1.82) is 0 Å². The lowest BCUT2D eigenvalue weighted by Crippen LogP contribution is -2.11. The number of nitrogens with zero attached hydrogens (tertiary/aromatic N) is 2. The van der Waals surface area contributed by atoms with E-state index in [1.165, 1.54) is 0 Å². The van der Waals surface area contributed by atoms with Crippen LogP contribution in [0.4, 0.5) is 5.69 Å². The van der Waals surface area contributed by atoms with Crippen LogP contribution in [0.25, 0.3) is 0 Å². The van der Waals surface area contributed by atoms with Crippen molar-refractivity contribution in [3.8, 4) is 0 Å². The Morgan fingerprint density at radius 3 is 2.78 bits per heavy atom. The molecule has 0 saturated heterocycles. The van der Waals surface area contributed by atoms with Gasteiger partial charge in [-0.2, -0.15) is 4.78 Å². The van der Waals surface area contributed by atoms with Crippen molar-refractivity contribution in [2.75, 3.05) is 11.4 Å². The minimum atomic E-state index is -2.52. The van der Waals surface area contributed by atoms with Crippen LogP contribution < -0.4 is 4.78 Å². The highest BCUT2D eigenvalue weighted by atomic mass is 32.5. The maximum Gasteiger partial charge on any atom is 0.364 e. The van der Waals surface area contributed by atoms with Gasteiger partial charge in [0.1, 0.15) is 0 Å². The molecule has 0 amide bonds. The molecule has 1 atom stereocenters. The summed E-state index contributed by atoms with van der Waals surface area (Å²) in [4.78, 5) is 0. The van der Waals surface area contributed by atoms with Gasteiger partial charge < -0.3 is 9.05 Å². The third kappa shape index (κ3) is 2.91. The number of benzene rings is 1. The van der Waals surface area contributed by atoms with Crippen molar-refractivity contribution in [3.05, 3.63) is 30.3 Å². The molecule has 0 radical (unpaired) electrons. The third-order valence-corrected chi connectivity index (χ3v) is 5.25. The molecule has 2 rings (SSSR count). The van der Waals surface area contributed by atoms with Crippen molar-refractivity contribution >= 4 is 30.0 Å². The Balaban J connectivity index is 2.18. The average Bonchev–Trinajstić information content (AvgIpc) is 2.66. The summed E-state index contributed by atoms with van der Waals surface area (Å²) in [5.74, 6) is 0.568. The van der Waals surface area contributed by atoms with Gasteiger partial charge in [-0.3, -0.25) is 0 Å². The number of hydrogen-bond donors (Lipinski definition) is 0. The summed E-state index contributed by atoms with van der Waals surface area (Å²) in [6, 6.07) is 9.76. The van der Waals surface area contributed by atoms with E-state index in [1.807, 2.05) is 30.3 Å². The average molecular weight is 284 g/mol. The molecule has 6 heteroatoms. The van der Waals surface area contributed by atoms with E-state index in [4.69, 9.17) is 20.9 Å². The Bertz CT molecular complexity index is 478. The number of hydrogen-bond acceptors (Lipinski definition) is 4. The summed E-state index contributed by atoms with van der Waals surface area (Å²) in [6.07, 6.45) is 2.05. The van der Waals surface area contributed by atoms with Crippen molar-refractivity contribution in [3.63, 3.8) is 0 Å². The predicted molar refractivity (Wildman–Crippen MR) is 78.3 cm³/mol. The zero-order chi connectivity index (χ0) is 13.0. The number of para-hydroxylation sites is 1. The number of unbranched alkanes of at least 4 members (excludes halogenated alkanes) is 1. The molecule has 1 aromatic carbocycles. The Hall–Kier alpha value is -0.900. The van der Waals surface area contributed by atoms with Crippen LogP contribution in [0.2, 0.25) is 0 Å². The lowest BCUT2D eigenvalue weighted by Gasteiger charge is -2.24. The molecule has 0 aliphatic carbocycles. The lowest BCUT2D eigenvalue weighted by molar-refractivity contribution is 0.305. The number of rotatable bonds is 5. The van der Waals surface area contributed by atoms with Crippen LogP contribution in [0, 0.1) is 0 Å². The van der Waals surface area contributed by atoms with Gasteiger partial charge in [-0.25, -0.2) is 0 Å². The van der Waals surface area contributed by atoms with Gasteiger partial charge in [-0.05, 0) is 18.6 Å². The standard InChI is InChI=1S/C12H17N2O2PS/c1-3-4-10-15-17(18)14(13-11(2)16-17)12-8-6-5-7-9-12/h5-9H,3-4,10H2,1-2H3. The van der Waals surface area contributed by atoms with Crippen LogP contribution >= 0.6 is 6.64 Å². The second-order valence-electron chi connectivity index (χ2n) is 3.99. The van der Waals surface area contributed by atoms with Crippen molar-refractivity contribution in [1.82, 2.24) is 0 Å². The van der Waals surface area contributed by atoms with Crippen LogP contribution in [-0.4, -0.2) is 12.5 Å². The van der Waals surface area contributed by atoms with E-state index in [0.717, 1.165) is 18.5 Å². The molecule has 0 saturated carbocycles. The fourth-order valence-electron chi connectivity index (χ4n) is 1.58. The highest BCUT2D eigenvalue weighted by Crippen LogP contribution is 2.58. The number of anilines is 1. The van der Waals surface area contributed by atoms with Crippen LogP contribution in [0.15, 0.2) is 35.4 Å². The second-order valence-corrected chi connectivity index (χ2v) is 7.13. The van der Waals surface area contributed by atoms with Gasteiger partial charge in [0.05, 0.1) is 12.3 Å². The Labute approximate surface area is 113 Å². The largest absolute Gasteiger partial charge is 0.412 e. The second kappa shape index (κ2) is 5.83. The molecule has 4 nitrogen and oxygen atoms in total. The maximum absolute atomic E-state index is 5.78. The Kier molecular flexibility index (Phi) is 4.38. The predicted octanol–water partition coefficient (Wildman–Crippen LogP) is 3.90. The topological polar surface area (TPSA) is 34.1 Å². The van der Waals surface area contributed by atoms with Gasteiger partial charge in [0.15, 0.2) is 0 Å². The zero-order valence-corrected chi connectivity index (χ0v) is 12.3. The minimum Gasteiger partial charge on any atom is -0.412 e. The molecule has 98 valence electrons. The van der Waals surface area contributed by atoms with Gasteiger partial charge in [-0.1, -0.05) is 31.5 Å². The summed E-state index contributed by atoms with van der Waals surface area (Å²) in [7, 11) is 0. The molecule has 1 aromatic rings. The van der Waals surface area contributed by atoms with Crippen LogP contribution in [0.5, 0.6) is 0 Å². The molecular formula is C12H17N2O2PS. The van der Waals surface area contributed by atoms with Crippen LogP contribution in [-0.2, 0) is 20.9 Å². The first-order chi connectivity index (χ1) is 8.65. The van der Waals surface area contributed by atoms with Gasteiger partial charge in [0.25, 0.3) is 0 Å². The van der Waals surface area contributed by atoms with Crippen LogP contribution in [0.3, 0.4) is 0 Å². The highest BCUT2D eigenvalue weighted by Gasteiger charge is 2.36. The van der Waals surface area contributed by atoms with E-state index in [0.29, 0.717) is 12.5 Å². The van der Waals surface area contributed by atoms with Gasteiger partial charge in [0, 0.05) is 18.7 Å². The summed E-state index contributed by atoms with van der Waals surface area (Å²) in [6.45, 7) is 2.00. The Morgan fingerprint density at radius 2 is 2.11 bits per heavy atom. The molecule has 1 heterocycles. The van der Waals surface area contributed by atoms with E-state index in [2.05, 4.69) is 12.0 Å². The summed E-state index contributed by atoms with van der Waals surface area (Å²) < 4.78 is 13.1. The van der Waals surface area contributed by atoms with E-state index in [9.17, 15) is 0 Å². The lowest BCUT2D eigenvalue weighted by atomic mass is 10.3. The molecule has 0 spiro atoms. The maximum atomic E-state index is 5.78. The molecule has 1 unspecified atom stereocenters. The third-order valence-electron chi connectivity index (χ3n) is 2.45. The molecule has 18 heavy (non-hydrogen) atoms. The Morgan fingerprint density at radius 1 is 1.39 bits per heavy atom. The fourth-order valence-corrected chi connectivity index (χ4v) is 4.14. The van der Waals surface area contributed by atoms with Crippen molar-refractivity contribution in [2.45, 2.75) is 26.7 Å². The first kappa shape index (κ1) is 13.5. The SMILES string of the molecule is CCCCOP1(=S)OC(C)=NN1c1ccccc1. The molecule has 0 bridgehead atoms. The molecule has 1 aliphatic rings. The highest BCUT2D eigenvalue weighted by molar-refractivity contribution is 8.10. The van der Waals surface area contributed by atoms with E-state index in [-0.39, 0.29) is 0 Å². The quantitative estimate of drug-likeness (QED) is 0.606. The first-order valence-electron chi connectivity index (χ1n) is 6.01. The molecule has 0 fully saturated rings. The van der Waals surface area contributed by atoms with Crippen molar-refractivity contribution < 1.29 is 9.05 Å². The molecule has 1 aliphatic heterocycles. The molecule has 0 N–H and O–H groups in total. The smallest absolute Gasteiger partial charge is 0.364 e. The van der Waals surface area contributed by atoms with Gasteiger partial charge >= 0.3 is 6.64 Å². The number of hydrazone groups is 1. The van der Waals surface area contributed by atoms with E-state index < -0.39 is 6.64 Å². The van der Waals surface area contributed by atoms with Gasteiger partial charge in [0.2, 0.25) is 5.90 Å². The zero-order valence-electron chi connectivity index (χ0n) is 10.6. The molecule has 0 aromatic heterocycles. The van der Waals surface area contributed by atoms with E-state index >= 15 is 0 Å². The first-order valence-corrected chi connectivity index (χ1v) is 8.60. The molecular weight excluding hydrogens is 267 g/mol. The van der Waals surface area contributed by atoms with E-state index in [1.54, 1.807) is 11.7 Å². The van der Waals surface area contributed by atoms with Gasteiger partial charge in [-0.15, -0.1) is 5.10 Å². The summed E-state index contributed by atoms with van der Waals surface area (Å²) >= 11 is 5.54. The fraction of sp³-hybridized carbons (Fsp3) is 0.417. The van der Waals surface area contributed by atoms with Crippen molar-refractivity contribution in [2.24, 2.45) is 5.10 Å². The summed E-state index contributed by atoms with van der Waals surface area (Å²) in [5, 5.41) is 4.34. The normalized spacial score (nSPS) is 22.8. The monoisotopic (exact) mass is 284 g/mol. The minimum absolute atomic E-state index is 0.568. The van der Waals surface area contributed by atoms with Crippen LogP contribution in [0.1, 0.15) is 26.7 Å². The summed E-state index contributed by atoms with van der Waals surface area (Å²) in [5.41, 5.74) is 0.911.